The first-order valence-corrected chi connectivity index (χ1v) is 11.8. The number of halogens is 3. The molecule has 0 saturated heterocycles. The highest BCUT2D eigenvalue weighted by molar-refractivity contribution is 7.84. The van der Waals surface area contributed by atoms with Crippen LogP contribution in [-0.4, -0.2) is 26.9 Å². The number of nitrogens with zero attached hydrogens (tertiary/aromatic N) is 1. The lowest BCUT2D eigenvalue weighted by Gasteiger charge is -2.21. The Morgan fingerprint density at radius 2 is 1.69 bits per heavy atom. The highest BCUT2D eigenvalue weighted by Crippen LogP contribution is 2.34. The number of carbonyl (C=O) groups is 1. The zero-order valence-electron chi connectivity index (χ0n) is 18.8. The number of rotatable bonds is 7. The minimum atomic E-state index is -4.71. The molecule has 0 aliphatic heterocycles. The number of aromatic nitrogens is 1. The monoisotopic (exact) mass is 494 g/mol. The van der Waals surface area contributed by atoms with Gasteiger partial charge >= 0.3 is 6.36 Å². The van der Waals surface area contributed by atoms with Crippen LogP contribution >= 0.6 is 11.3 Å². The summed E-state index contributed by atoms with van der Waals surface area (Å²) in [7, 11) is -1.55. The Morgan fingerprint density at radius 3 is 1.97 bits per heavy atom. The predicted octanol–water partition coefficient (Wildman–Crippen LogP) is 4.93. The van der Waals surface area contributed by atoms with Crippen LogP contribution in [0.1, 0.15) is 74.9 Å². The maximum atomic E-state index is 12.4. The lowest BCUT2D eigenvalue weighted by atomic mass is 9.87. The number of aliphatic hydroxyl groups is 1. The van der Waals surface area contributed by atoms with Gasteiger partial charge < -0.3 is 14.6 Å². The fraction of sp³-hybridized carbons (Fsp3) is 0.524. The van der Waals surface area contributed by atoms with E-state index in [4.69, 9.17) is 5.14 Å². The second kappa shape index (κ2) is 11.4. The van der Waals surface area contributed by atoms with E-state index in [2.05, 4.69) is 9.72 Å². The van der Waals surface area contributed by atoms with Crippen LogP contribution in [0.3, 0.4) is 0 Å². The molecule has 0 aliphatic carbocycles. The van der Waals surface area contributed by atoms with E-state index in [9.17, 15) is 27.3 Å². The van der Waals surface area contributed by atoms with Gasteiger partial charge in [-0.25, -0.2) is 14.3 Å². The summed E-state index contributed by atoms with van der Waals surface area (Å²) < 4.78 is 52.2. The largest absolute Gasteiger partial charge is 0.573 e. The fourth-order valence-corrected chi connectivity index (χ4v) is 4.27. The van der Waals surface area contributed by atoms with Crippen LogP contribution in [0, 0.1) is 0 Å². The maximum Gasteiger partial charge on any atom is 0.573 e. The van der Waals surface area contributed by atoms with E-state index in [1.807, 2.05) is 27.7 Å². The van der Waals surface area contributed by atoms with Gasteiger partial charge in [0.25, 0.3) is 0 Å². The molecule has 2 aromatic rings. The average molecular weight is 495 g/mol. The van der Waals surface area contributed by atoms with Crippen molar-refractivity contribution in [1.29, 1.82) is 0 Å². The van der Waals surface area contributed by atoms with E-state index in [0.29, 0.717) is 9.22 Å². The molecule has 1 aromatic carbocycles. The van der Waals surface area contributed by atoms with E-state index >= 15 is 0 Å². The molecule has 0 bridgehead atoms. The molecule has 0 fully saturated rings. The van der Waals surface area contributed by atoms with Gasteiger partial charge in [-0.05, 0) is 54.5 Å². The van der Waals surface area contributed by atoms with E-state index in [0.717, 1.165) is 34.3 Å². The molecule has 0 radical (unpaired) electrons. The molecule has 0 amide bonds. The molecule has 3 N–H and O–H groups in total. The summed E-state index contributed by atoms with van der Waals surface area (Å²) in [6.45, 7) is 10.8. The van der Waals surface area contributed by atoms with Crippen LogP contribution in [0.15, 0.2) is 22.7 Å². The summed E-state index contributed by atoms with van der Waals surface area (Å²) in [5.74, 6) is -0.196. The number of nitrogens with two attached hydrogens (primary N) is 1. The number of carbonyl (C=O) groups excluding carboxylic acids is 1. The van der Waals surface area contributed by atoms with Crippen LogP contribution in [0.4, 0.5) is 13.2 Å². The average Bonchev–Trinajstić information content (AvgIpc) is 3.12. The molecule has 1 aromatic heterocycles. The van der Waals surface area contributed by atoms with Gasteiger partial charge in [0.1, 0.15) is 12.0 Å². The molecular formula is C21H29F3N2O4S2. The maximum absolute atomic E-state index is 12.4. The molecule has 0 saturated carbocycles. The van der Waals surface area contributed by atoms with Crippen molar-refractivity contribution in [3.05, 3.63) is 39.9 Å². The Kier molecular flexibility index (Phi) is 10.0. The Morgan fingerprint density at radius 1 is 1.19 bits per heavy atom. The lowest BCUT2D eigenvalue weighted by molar-refractivity contribution is -0.274. The van der Waals surface area contributed by atoms with Crippen LogP contribution in [0.25, 0.3) is 0 Å². The number of hydrogen-bond acceptors (Lipinski definition) is 6. The molecule has 6 nitrogen and oxygen atoms in total. The number of thiazole rings is 1. The van der Waals surface area contributed by atoms with Crippen LogP contribution in [0.2, 0.25) is 0 Å². The summed E-state index contributed by atoms with van der Waals surface area (Å²) in [6, 6.07) is 2.76. The predicted molar refractivity (Wildman–Crippen MR) is 119 cm³/mol. The van der Waals surface area contributed by atoms with E-state index in [1.165, 1.54) is 18.3 Å². The molecule has 1 atom stereocenters. The molecule has 11 heteroatoms. The van der Waals surface area contributed by atoms with E-state index < -0.39 is 22.9 Å². The van der Waals surface area contributed by atoms with Crippen molar-refractivity contribution in [1.82, 2.24) is 4.98 Å². The quantitative estimate of drug-likeness (QED) is 0.532. The zero-order chi connectivity index (χ0) is 24.9. The Bertz CT molecular complexity index is 907. The molecule has 1 heterocycles. The number of aldehydes is 1. The number of hydrogen-bond donors (Lipinski definition) is 2. The molecule has 180 valence electrons. The van der Waals surface area contributed by atoms with Crippen molar-refractivity contribution in [3.63, 3.8) is 0 Å². The first-order valence-electron chi connectivity index (χ1n) is 9.77. The molecule has 0 spiro atoms. The molecule has 1 unspecified atom stereocenters. The second-order valence-corrected chi connectivity index (χ2v) is 10.4. The van der Waals surface area contributed by atoms with Crippen molar-refractivity contribution in [2.24, 2.45) is 5.14 Å². The summed E-state index contributed by atoms with van der Waals surface area (Å²) in [5.41, 5.74) is 1.32. The third kappa shape index (κ3) is 8.61. The van der Waals surface area contributed by atoms with Gasteiger partial charge in [-0.15, -0.1) is 24.5 Å². The third-order valence-electron chi connectivity index (χ3n) is 4.32. The van der Waals surface area contributed by atoms with Crippen molar-refractivity contribution < 1.29 is 32.0 Å². The van der Waals surface area contributed by atoms with Gasteiger partial charge in [-0.3, -0.25) is 0 Å². The van der Waals surface area contributed by atoms with Gasteiger partial charge in [-0.2, -0.15) is 0 Å². The molecule has 2 rings (SSSR count). The Labute approximate surface area is 192 Å². The van der Waals surface area contributed by atoms with Crippen molar-refractivity contribution in [2.45, 2.75) is 76.1 Å². The molecular weight excluding hydrogens is 465 g/mol. The summed E-state index contributed by atoms with van der Waals surface area (Å²) in [5, 5.41) is 14.6. The zero-order valence-corrected chi connectivity index (χ0v) is 20.5. The van der Waals surface area contributed by atoms with Gasteiger partial charge in [-0.1, -0.05) is 27.7 Å². The second-order valence-electron chi connectivity index (χ2n) is 8.16. The fourth-order valence-electron chi connectivity index (χ4n) is 2.86. The number of alkyl halides is 3. The normalized spacial score (nSPS) is 13.0. The van der Waals surface area contributed by atoms with Crippen LogP contribution in [-0.2, 0) is 27.8 Å². The van der Waals surface area contributed by atoms with Crippen molar-refractivity contribution in [2.75, 3.05) is 0 Å². The molecule has 32 heavy (non-hydrogen) atoms. The first-order chi connectivity index (χ1) is 14.6. The Balaban J connectivity index is 0.000000363. The first kappa shape index (κ1) is 28.2. The number of ether oxygens (including phenoxy) is 1. The van der Waals surface area contributed by atoms with Gasteiger partial charge in [0.05, 0.1) is 10.5 Å². The van der Waals surface area contributed by atoms with Gasteiger partial charge in [0.2, 0.25) is 0 Å². The van der Waals surface area contributed by atoms with E-state index in [1.54, 1.807) is 13.8 Å². The summed E-state index contributed by atoms with van der Waals surface area (Å²) in [4.78, 5) is 15.3. The Hall–Kier alpha value is -1.82. The summed E-state index contributed by atoms with van der Waals surface area (Å²) in [6.07, 6.45) is -2.25. The minimum Gasteiger partial charge on any atom is -0.406 e. The SMILES string of the molecule is CC(C)(O)c1cnc(S(N)=O)s1.CC(C)c1cc(OC(F)(F)F)cc(C(C)C)c1CC=O. The smallest absolute Gasteiger partial charge is 0.406 e. The van der Waals surface area contributed by atoms with Crippen LogP contribution < -0.4 is 9.88 Å². The van der Waals surface area contributed by atoms with Crippen molar-refractivity contribution >= 4 is 28.6 Å². The van der Waals surface area contributed by atoms with Crippen molar-refractivity contribution in [3.8, 4) is 5.75 Å². The highest BCUT2D eigenvalue weighted by Gasteiger charge is 2.32. The number of benzene rings is 1. The van der Waals surface area contributed by atoms with E-state index in [-0.39, 0.29) is 24.0 Å². The minimum absolute atomic E-state index is 0.0132. The van der Waals surface area contributed by atoms with Gasteiger partial charge in [0, 0.05) is 12.6 Å². The van der Waals surface area contributed by atoms with Crippen LogP contribution in [0.5, 0.6) is 5.75 Å². The third-order valence-corrected chi connectivity index (χ3v) is 6.61. The summed E-state index contributed by atoms with van der Waals surface area (Å²) >= 11 is 1.16. The molecule has 0 aliphatic rings. The van der Waals surface area contributed by atoms with Gasteiger partial charge in [0.15, 0.2) is 15.3 Å². The lowest BCUT2D eigenvalue weighted by Crippen LogP contribution is -2.18. The highest BCUT2D eigenvalue weighted by atomic mass is 32.2. The standard InChI is InChI=1S/C15H19F3O2.C6H10N2O2S2/c1-9(2)13-7-11(20-15(16,17)18)8-14(10(3)4)12(13)5-6-19;1-6(2,9)4-3-8-5(11-4)12(7)10/h6-10H,5H2,1-4H3;3,9H,7H2,1-2H3. The topological polar surface area (TPSA) is 103 Å².